The maximum Gasteiger partial charge on any atom is 0.119 e. The SMILES string of the molecule is COc1ccc(OCCCSc2nc(C)cc(C)c2C#N)cc1. The largest absolute Gasteiger partial charge is 0.497 e. The van der Waals surface area contributed by atoms with Crippen LogP contribution in [-0.4, -0.2) is 24.5 Å². The molecule has 0 amide bonds. The predicted molar refractivity (Wildman–Crippen MR) is 92.3 cm³/mol. The van der Waals surface area contributed by atoms with E-state index in [0.717, 1.165) is 40.0 Å². The molecule has 0 aliphatic heterocycles. The summed E-state index contributed by atoms with van der Waals surface area (Å²) in [6.07, 6.45) is 0.885. The lowest BCUT2D eigenvalue weighted by Crippen LogP contribution is -2.00. The van der Waals surface area contributed by atoms with Crippen molar-refractivity contribution in [3.63, 3.8) is 0 Å². The molecule has 2 aromatic rings. The third kappa shape index (κ3) is 4.90. The van der Waals surface area contributed by atoms with Crippen LogP contribution in [0.2, 0.25) is 0 Å². The molecule has 1 aromatic carbocycles. The summed E-state index contributed by atoms with van der Waals surface area (Å²) in [6.45, 7) is 4.53. The van der Waals surface area contributed by atoms with E-state index in [1.165, 1.54) is 0 Å². The van der Waals surface area contributed by atoms with Gasteiger partial charge in [0.1, 0.15) is 22.6 Å². The highest BCUT2D eigenvalue weighted by atomic mass is 32.2. The minimum absolute atomic E-state index is 0.631. The molecule has 0 aliphatic rings. The summed E-state index contributed by atoms with van der Waals surface area (Å²) < 4.78 is 10.8. The van der Waals surface area contributed by atoms with Gasteiger partial charge in [0, 0.05) is 11.4 Å². The van der Waals surface area contributed by atoms with Crippen molar-refractivity contribution in [2.24, 2.45) is 0 Å². The molecule has 0 saturated heterocycles. The van der Waals surface area contributed by atoms with E-state index in [1.54, 1.807) is 18.9 Å². The average molecular weight is 328 g/mol. The van der Waals surface area contributed by atoms with E-state index in [1.807, 2.05) is 44.2 Å². The summed E-state index contributed by atoms with van der Waals surface area (Å²) >= 11 is 1.61. The Morgan fingerprint density at radius 3 is 2.52 bits per heavy atom. The van der Waals surface area contributed by atoms with E-state index in [-0.39, 0.29) is 0 Å². The molecular weight excluding hydrogens is 308 g/mol. The van der Waals surface area contributed by atoms with Gasteiger partial charge in [0.15, 0.2) is 0 Å². The van der Waals surface area contributed by atoms with Gasteiger partial charge in [0.25, 0.3) is 0 Å². The fourth-order valence-electron chi connectivity index (χ4n) is 2.13. The van der Waals surface area contributed by atoms with Gasteiger partial charge in [-0.25, -0.2) is 4.98 Å². The number of benzene rings is 1. The Hall–Kier alpha value is -2.19. The Morgan fingerprint density at radius 1 is 1.17 bits per heavy atom. The number of hydrogen-bond acceptors (Lipinski definition) is 5. The quantitative estimate of drug-likeness (QED) is 0.565. The molecule has 0 atom stereocenters. The van der Waals surface area contributed by atoms with Gasteiger partial charge in [-0.15, -0.1) is 11.8 Å². The molecule has 1 heterocycles. The van der Waals surface area contributed by atoms with E-state index in [9.17, 15) is 5.26 Å². The fourth-order valence-corrected chi connectivity index (χ4v) is 3.15. The zero-order valence-electron chi connectivity index (χ0n) is 13.6. The van der Waals surface area contributed by atoms with Crippen LogP contribution in [0.1, 0.15) is 23.2 Å². The van der Waals surface area contributed by atoms with Gasteiger partial charge in [-0.05, 0) is 56.2 Å². The maximum atomic E-state index is 9.25. The van der Waals surface area contributed by atoms with Gasteiger partial charge in [-0.2, -0.15) is 5.26 Å². The molecule has 1 aromatic heterocycles. The first-order chi connectivity index (χ1) is 11.1. The van der Waals surface area contributed by atoms with E-state index in [0.29, 0.717) is 12.2 Å². The molecule has 0 radical (unpaired) electrons. The maximum absolute atomic E-state index is 9.25. The molecule has 2 rings (SSSR count). The van der Waals surface area contributed by atoms with Crippen LogP contribution in [0.4, 0.5) is 0 Å². The van der Waals surface area contributed by atoms with E-state index < -0.39 is 0 Å². The first kappa shape index (κ1) is 17.2. The number of methoxy groups -OCH3 is 1. The molecule has 0 fully saturated rings. The number of aryl methyl sites for hydroxylation is 2. The second-order valence-electron chi connectivity index (χ2n) is 5.10. The van der Waals surface area contributed by atoms with Crippen LogP contribution in [0, 0.1) is 25.2 Å². The summed E-state index contributed by atoms with van der Waals surface area (Å²) in [5, 5.41) is 10.1. The van der Waals surface area contributed by atoms with Crippen LogP contribution in [0.15, 0.2) is 35.4 Å². The standard InChI is InChI=1S/C18H20N2O2S/c1-13-11-14(2)20-18(17(13)12-19)23-10-4-9-22-16-7-5-15(21-3)6-8-16/h5-8,11H,4,9-10H2,1-3H3. The molecule has 0 N–H and O–H groups in total. The Bertz CT molecular complexity index is 693. The first-order valence-electron chi connectivity index (χ1n) is 7.42. The topological polar surface area (TPSA) is 55.1 Å². The normalized spacial score (nSPS) is 10.2. The van der Waals surface area contributed by atoms with Gasteiger partial charge in [-0.3, -0.25) is 0 Å². The van der Waals surface area contributed by atoms with E-state index >= 15 is 0 Å². The zero-order chi connectivity index (χ0) is 16.7. The number of ether oxygens (including phenoxy) is 2. The second-order valence-corrected chi connectivity index (χ2v) is 6.18. The van der Waals surface area contributed by atoms with Crippen LogP contribution >= 0.6 is 11.8 Å². The van der Waals surface area contributed by atoms with Crippen LogP contribution in [-0.2, 0) is 0 Å². The molecular formula is C18H20N2O2S. The minimum atomic E-state index is 0.631. The molecule has 0 aliphatic carbocycles. The number of aromatic nitrogens is 1. The second kappa shape index (κ2) is 8.44. The fraction of sp³-hybridized carbons (Fsp3) is 0.333. The predicted octanol–water partition coefficient (Wildman–Crippen LogP) is 4.14. The van der Waals surface area contributed by atoms with Gasteiger partial charge in [-0.1, -0.05) is 0 Å². The monoisotopic (exact) mass is 328 g/mol. The Kier molecular flexibility index (Phi) is 6.30. The van der Waals surface area contributed by atoms with Crippen molar-refractivity contribution >= 4 is 11.8 Å². The Labute approximate surface area is 141 Å². The van der Waals surface area contributed by atoms with Crippen LogP contribution in [0.3, 0.4) is 0 Å². The number of nitrogens with zero attached hydrogens (tertiary/aromatic N) is 2. The lowest BCUT2D eigenvalue weighted by molar-refractivity contribution is 0.318. The molecule has 0 bridgehead atoms. The molecule has 0 unspecified atom stereocenters. The smallest absolute Gasteiger partial charge is 0.119 e. The molecule has 5 heteroatoms. The van der Waals surface area contributed by atoms with Crippen molar-refractivity contribution < 1.29 is 9.47 Å². The van der Waals surface area contributed by atoms with Crippen molar-refractivity contribution in [1.82, 2.24) is 4.98 Å². The van der Waals surface area contributed by atoms with Crippen LogP contribution in [0.25, 0.3) is 0 Å². The van der Waals surface area contributed by atoms with Crippen molar-refractivity contribution in [3.8, 4) is 17.6 Å². The number of hydrogen-bond donors (Lipinski definition) is 0. The van der Waals surface area contributed by atoms with E-state index in [4.69, 9.17) is 9.47 Å². The number of thioether (sulfide) groups is 1. The van der Waals surface area contributed by atoms with Crippen molar-refractivity contribution in [2.45, 2.75) is 25.3 Å². The summed E-state index contributed by atoms with van der Waals surface area (Å²) in [7, 11) is 1.64. The zero-order valence-corrected chi connectivity index (χ0v) is 14.4. The van der Waals surface area contributed by atoms with Gasteiger partial charge < -0.3 is 9.47 Å². The van der Waals surface area contributed by atoms with Crippen LogP contribution < -0.4 is 9.47 Å². The summed E-state index contributed by atoms with van der Waals surface area (Å²) in [6, 6.07) is 11.7. The van der Waals surface area contributed by atoms with Gasteiger partial charge in [0.05, 0.1) is 19.3 Å². The number of pyridine rings is 1. The third-order valence-electron chi connectivity index (χ3n) is 3.28. The van der Waals surface area contributed by atoms with Crippen molar-refractivity contribution in [3.05, 3.63) is 47.2 Å². The molecule has 4 nitrogen and oxygen atoms in total. The van der Waals surface area contributed by atoms with Crippen molar-refractivity contribution in [1.29, 1.82) is 5.26 Å². The lowest BCUT2D eigenvalue weighted by Gasteiger charge is -2.08. The molecule has 120 valence electrons. The number of rotatable bonds is 7. The number of nitriles is 1. The van der Waals surface area contributed by atoms with Gasteiger partial charge >= 0.3 is 0 Å². The summed E-state index contributed by atoms with van der Waals surface area (Å²) in [5.74, 6) is 2.51. The lowest BCUT2D eigenvalue weighted by atomic mass is 10.1. The van der Waals surface area contributed by atoms with E-state index in [2.05, 4.69) is 11.1 Å². The minimum Gasteiger partial charge on any atom is -0.497 e. The third-order valence-corrected chi connectivity index (χ3v) is 4.34. The first-order valence-corrected chi connectivity index (χ1v) is 8.40. The van der Waals surface area contributed by atoms with Crippen LogP contribution in [0.5, 0.6) is 11.5 Å². The molecule has 23 heavy (non-hydrogen) atoms. The molecule has 0 spiro atoms. The Balaban J connectivity index is 1.80. The summed E-state index contributed by atoms with van der Waals surface area (Å²) in [5.41, 5.74) is 2.60. The Morgan fingerprint density at radius 2 is 1.87 bits per heavy atom. The highest BCUT2D eigenvalue weighted by Gasteiger charge is 2.08. The highest BCUT2D eigenvalue weighted by molar-refractivity contribution is 7.99. The molecule has 0 saturated carbocycles. The summed E-state index contributed by atoms with van der Waals surface area (Å²) in [4.78, 5) is 4.47. The van der Waals surface area contributed by atoms with Gasteiger partial charge in [0.2, 0.25) is 0 Å². The average Bonchev–Trinajstić information content (AvgIpc) is 2.54. The highest BCUT2D eigenvalue weighted by Crippen LogP contribution is 2.24. The van der Waals surface area contributed by atoms with Crippen molar-refractivity contribution in [2.75, 3.05) is 19.5 Å².